The molecule has 0 N–H and O–H groups in total. The Balaban J connectivity index is 1.04. The number of thiophene rings is 1. The molecule has 2 heterocycles. The lowest BCUT2D eigenvalue weighted by Crippen LogP contribution is -2.00. The van der Waals surface area contributed by atoms with Gasteiger partial charge in [-0.25, -0.2) is 9.97 Å². The third kappa shape index (κ3) is 7.32. The van der Waals surface area contributed by atoms with E-state index < -0.39 is 0 Å². The van der Waals surface area contributed by atoms with Gasteiger partial charge in [0.2, 0.25) is 0 Å². The molecule has 2 aliphatic rings. The second kappa shape index (κ2) is 17.2. The predicted octanol–water partition coefficient (Wildman–Crippen LogP) is 18.9. The fourth-order valence-electron chi connectivity index (χ4n) is 11.3. The highest BCUT2D eigenvalue weighted by molar-refractivity contribution is 7.26. The fourth-order valence-corrected chi connectivity index (χ4v) is 12.5. The average Bonchev–Trinajstić information content (AvgIpc) is 3.79. The summed E-state index contributed by atoms with van der Waals surface area (Å²) in [5.41, 5.74) is 22.1. The van der Waals surface area contributed by atoms with Crippen molar-refractivity contribution in [1.29, 1.82) is 0 Å². The van der Waals surface area contributed by atoms with Crippen LogP contribution in [0.25, 0.3) is 114 Å². The van der Waals surface area contributed by atoms with E-state index in [1.54, 1.807) is 0 Å². The molecule has 0 saturated carbocycles. The number of benzene rings is 9. The van der Waals surface area contributed by atoms with E-state index in [0.29, 0.717) is 0 Å². The smallest absolute Gasteiger partial charge is 0.0979 e. The summed E-state index contributed by atoms with van der Waals surface area (Å²) < 4.78 is 2.58. The first-order chi connectivity index (χ1) is 34.4. The summed E-state index contributed by atoms with van der Waals surface area (Å²) in [4.78, 5) is 11.5. The van der Waals surface area contributed by atoms with Gasteiger partial charge in [-0.1, -0.05) is 169 Å². The van der Waals surface area contributed by atoms with Crippen molar-refractivity contribution in [3.05, 3.63) is 234 Å². The Labute approximate surface area is 413 Å². The molecule has 0 radical (unpaired) electrons. The Bertz CT molecular complexity index is 4060. The highest BCUT2D eigenvalue weighted by Gasteiger charge is 2.22. The minimum Gasteiger partial charge on any atom is -0.243 e. The molecule has 0 bridgehead atoms. The molecule has 0 atom stereocenters. The first-order valence-corrected chi connectivity index (χ1v) is 25.5. The molecule has 9 aromatic carbocycles. The molecule has 0 spiro atoms. The van der Waals surface area contributed by atoms with Gasteiger partial charge in [0.25, 0.3) is 0 Å². The number of aryl methyl sites for hydroxylation is 3. The Morgan fingerprint density at radius 2 is 1.04 bits per heavy atom. The quantitative estimate of drug-likeness (QED) is 0.149. The lowest BCUT2D eigenvalue weighted by Gasteiger charge is -2.18. The molecule has 0 fully saturated rings. The van der Waals surface area contributed by atoms with Crippen molar-refractivity contribution >= 4 is 69.7 Å². The SMILES string of the molecule is Cc1cc(C)c(-c2nc3c4ccccc4c4ccccc4c3nc2-c2cccc(-c3cc(-c4cccc(-c5ccccc5)c4)cc4c3sc3ccc(C5=CC(C6=CCCC=C6)=CCC5)cc34)c2)c(C)c1. The van der Waals surface area contributed by atoms with Crippen molar-refractivity contribution in [2.45, 2.75) is 46.5 Å². The van der Waals surface area contributed by atoms with Gasteiger partial charge >= 0.3 is 0 Å². The zero-order valence-electron chi connectivity index (χ0n) is 39.7. The molecule has 3 heteroatoms. The van der Waals surface area contributed by atoms with Crippen LogP contribution in [0.15, 0.2) is 211 Å². The molecule has 0 unspecified atom stereocenters. The number of aromatic nitrogens is 2. The van der Waals surface area contributed by atoms with Crippen LogP contribution < -0.4 is 0 Å². The van der Waals surface area contributed by atoms with Crippen LogP contribution in [0, 0.1) is 20.8 Å². The van der Waals surface area contributed by atoms with Crippen LogP contribution in [-0.2, 0) is 0 Å². The monoisotopic (exact) mass is 914 g/mol. The van der Waals surface area contributed by atoms with Crippen LogP contribution >= 0.6 is 11.3 Å². The van der Waals surface area contributed by atoms with Gasteiger partial charge in [-0.15, -0.1) is 11.3 Å². The second-order valence-corrected chi connectivity index (χ2v) is 20.3. The highest BCUT2D eigenvalue weighted by atomic mass is 32.1. The second-order valence-electron chi connectivity index (χ2n) is 19.2. The first-order valence-electron chi connectivity index (χ1n) is 24.7. The van der Waals surface area contributed by atoms with E-state index in [4.69, 9.17) is 9.97 Å². The Morgan fingerprint density at radius 1 is 0.429 bits per heavy atom. The molecule has 2 nitrogen and oxygen atoms in total. The molecule has 2 aliphatic carbocycles. The molecular weight excluding hydrogens is 865 g/mol. The van der Waals surface area contributed by atoms with Crippen molar-refractivity contribution in [3.63, 3.8) is 0 Å². The lowest BCUT2D eigenvalue weighted by atomic mass is 9.88. The van der Waals surface area contributed by atoms with Gasteiger partial charge in [0.05, 0.1) is 22.4 Å². The number of allylic oxidation sites excluding steroid dienone is 8. The summed E-state index contributed by atoms with van der Waals surface area (Å²) in [6, 6.07) is 62.8. The van der Waals surface area contributed by atoms with E-state index in [1.807, 2.05) is 11.3 Å². The highest BCUT2D eigenvalue weighted by Crippen LogP contribution is 2.46. The summed E-state index contributed by atoms with van der Waals surface area (Å²) in [5, 5.41) is 7.20. The van der Waals surface area contributed by atoms with Gasteiger partial charge in [0.15, 0.2) is 0 Å². The Kier molecular flexibility index (Phi) is 10.4. The third-order valence-corrected chi connectivity index (χ3v) is 15.8. The minimum absolute atomic E-state index is 0.891. The maximum Gasteiger partial charge on any atom is 0.0979 e. The summed E-state index contributed by atoms with van der Waals surface area (Å²) >= 11 is 1.90. The van der Waals surface area contributed by atoms with Crippen molar-refractivity contribution < 1.29 is 0 Å². The zero-order chi connectivity index (χ0) is 46.9. The number of hydrogen-bond acceptors (Lipinski definition) is 3. The van der Waals surface area contributed by atoms with Crippen LogP contribution in [0.5, 0.6) is 0 Å². The minimum atomic E-state index is 0.891. The van der Waals surface area contributed by atoms with Crippen LogP contribution in [-0.4, -0.2) is 9.97 Å². The van der Waals surface area contributed by atoms with E-state index in [-0.39, 0.29) is 0 Å². The molecule has 2 aromatic heterocycles. The summed E-state index contributed by atoms with van der Waals surface area (Å²) in [5.74, 6) is 0. The van der Waals surface area contributed by atoms with Gasteiger partial charge in [-0.3, -0.25) is 0 Å². The molecule has 0 aliphatic heterocycles. The van der Waals surface area contributed by atoms with Crippen LogP contribution in [0.3, 0.4) is 0 Å². The first kappa shape index (κ1) is 42.1. The van der Waals surface area contributed by atoms with Crippen LogP contribution in [0.4, 0.5) is 0 Å². The maximum atomic E-state index is 5.75. The van der Waals surface area contributed by atoms with Crippen molar-refractivity contribution in [3.8, 4) is 55.9 Å². The van der Waals surface area contributed by atoms with Crippen molar-refractivity contribution in [1.82, 2.24) is 9.97 Å². The normalized spacial score (nSPS) is 13.9. The molecule has 334 valence electrons. The van der Waals surface area contributed by atoms with E-state index in [1.165, 1.54) is 97.7 Å². The van der Waals surface area contributed by atoms with Crippen molar-refractivity contribution in [2.24, 2.45) is 0 Å². The molecular formula is C67H50N2S. The third-order valence-electron chi connectivity index (χ3n) is 14.6. The number of hydrogen-bond donors (Lipinski definition) is 0. The number of fused-ring (bicyclic) bond motifs is 9. The van der Waals surface area contributed by atoms with Gasteiger partial charge < -0.3 is 0 Å². The lowest BCUT2D eigenvalue weighted by molar-refractivity contribution is 1.01. The van der Waals surface area contributed by atoms with E-state index in [2.05, 4.69) is 221 Å². The summed E-state index contributed by atoms with van der Waals surface area (Å²) in [7, 11) is 0. The fraction of sp³-hybridized carbons (Fsp3) is 0.104. The number of nitrogens with zero attached hydrogens (tertiary/aromatic N) is 2. The molecule has 0 saturated heterocycles. The molecule has 0 amide bonds. The molecule has 13 rings (SSSR count). The molecule has 11 aromatic rings. The molecule has 70 heavy (non-hydrogen) atoms. The van der Waals surface area contributed by atoms with Gasteiger partial charge in [0.1, 0.15) is 0 Å². The van der Waals surface area contributed by atoms with Crippen molar-refractivity contribution in [2.75, 3.05) is 0 Å². The van der Waals surface area contributed by atoms with Crippen LogP contribution in [0.2, 0.25) is 0 Å². The van der Waals surface area contributed by atoms with Gasteiger partial charge in [0, 0.05) is 47.6 Å². The zero-order valence-corrected chi connectivity index (χ0v) is 40.5. The maximum absolute atomic E-state index is 5.75. The van der Waals surface area contributed by atoms with Gasteiger partial charge in [-0.05, 0) is 155 Å². The topological polar surface area (TPSA) is 25.8 Å². The number of rotatable bonds is 7. The van der Waals surface area contributed by atoms with Gasteiger partial charge in [-0.2, -0.15) is 0 Å². The van der Waals surface area contributed by atoms with E-state index in [0.717, 1.165) is 75.6 Å². The van der Waals surface area contributed by atoms with Crippen LogP contribution in [0.1, 0.15) is 47.9 Å². The Hall–Kier alpha value is -7.98. The standard InChI is InChI=1S/C67H50N2S/c1-41-33-42(2)62(43(3)34-41)66-63(68-64-56-29-12-10-27-54(56)55-28-11-13-30-57(55)65(64)69-66)52-26-16-25-51(37-52)58-39-53(49-24-15-22-47(36-49)45-19-8-5-9-20-45)40-60-59-38-50(31-32-61(59)70-67(58)60)48-23-14-21-46(35-48)44-17-6-4-7-18-44/h5-6,8-13,15-22,24-40H,4,7,14,23H2,1-3H3. The largest absolute Gasteiger partial charge is 0.243 e. The average molecular weight is 915 g/mol. The Morgan fingerprint density at radius 3 is 1.77 bits per heavy atom. The summed E-state index contributed by atoms with van der Waals surface area (Å²) in [6.07, 6.45) is 16.2. The summed E-state index contributed by atoms with van der Waals surface area (Å²) in [6.45, 7) is 6.61. The van der Waals surface area contributed by atoms with E-state index in [9.17, 15) is 0 Å². The predicted molar refractivity (Wildman–Crippen MR) is 301 cm³/mol. The van der Waals surface area contributed by atoms with E-state index >= 15 is 0 Å².